The van der Waals surface area contributed by atoms with Crippen LogP contribution in [0.15, 0.2) is 170 Å². The number of fused-ring (bicyclic) bond motifs is 7. The summed E-state index contributed by atoms with van der Waals surface area (Å²) in [6.45, 7) is 0. The molecule has 206 valence electrons. The molecule has 44 heavy (non-hydrogen) atoms. The van der Waals surface area contributed by atoms with Crippen LogP contribution in [0.5, 0.6) is 0 Å². The van der Waals surface area contributed by atoms with Gasteiger partial charge in [-0.15, -0.1) is 0 Å². The topological polar surface area (TPSA) is 9.86 Å². The molecule has 0 amide bonds. The summed E-state index contributed by atoms with van der Waals surface area (Å²) >= 11 is 0. The molecule has 0 N–H and O–H groups in total. The lowest BCUT2D eigenvalue weighted by molar-refractivity contribution is 1.17. The van der Waals surface area contributed by atoms with Crippen LogP contribution in [-0.2, 0) is 0 Å². The number of nitrogens with zero attached hydrogens (tertiary/aromatic N) is 2. The number of benzene rings is 7. The van der Waals surface area contributed by atoms with Crippen molar-refractivity contribution in [1.29, 1.82) is 0 Å². The number of para-hydroxylation sites is 3. The third-order valence-electron chi connectivity index (χ3n) is 8.29. The summed E-state index contributed by atoms with van der Waals surface area (Å²) in [5, 5.41) is 3.76. The summed E-state index contributed by atoms with van der Waals surface area (Å²) in [6, 6.07) is 31.9. The average molecular weight is 571 g/mol. The van der Waals surface area contributed by atoms with Gasteiger partial charge in [-0.1, -0.05) is 121 Å². The van der Waals surface area contributed by atoms with Crippen LogP contribution in [0.1, 0.15) is 13.7 Å². The van der Waals surface area contributed by atoms with Gasteiger partial charge in [-0.3, -0.25) is 0 Å². The lowest BCUT2D eigenvalue weighted by atomic mass is 10.00. The van der Waals surface area contributed by atoms with Crippen molar-refractivity contribution < 1.29 is 13.7 Å². The molecule has 0 radical (unpaired) electrons. The maximum atomic E-state index is 8.83. The molecule has 9 rings (SSSR count). The van der Waals surface area contributed by atoms with E-state index in [1.165, 1.54) is 0 Å². The van der Waals surface area contributed by atoms with Crippen molar-refractivity contribution in [3.63, 3.8) is 0 Å². The lowest BCUT2D eigenvalue weighted by Gasteiger charge is -2.11. The van der Waals surface area contributed by atoms with Crippen LogP contribution in [0.25, 0.3) is 77.2 Å². The first-order valence-corrected chi connectivity index (χ1v) is 14.3. The normalized spacial score (nSPS) is 14.8. The molecule has 0 aliphatic heterocycles. The van der Waals surface area contributed by atoms with E-state index in [0.29, 0.717) is 5.56 Å². The quantitative estimate of drug-likeness (QED) is 0.199. The second-order valence-electron chi connectivity index (χ2n) is 10.7. The minimum Gasteiger partial charge on any atom is -0.309 e. The molecule has 0 aliphatic rings. The second kappa shape index (κ2) is 9.86. The third kappa shape index (κ3) is 3.75. The summed E-state index contributed by atoms with van der Waals surface area (Å²) in [4.78, 5) is 0. The zero-order chi connectivity index (χ0) is 37.7. The molecule has 0 saturated carbocycles. The van der Waals surface area contributed by atoms with Crippen molar-refractivity contribution in [3.05, 3.63) is 170 Å². The Hall–Kier alpha value is -5.86. The van der Waals surface area contributed by atoms with E-state index in [2.05, 4.69) is 22.8 Å². The predicted octanol–water partition coefficient (Wildman–Crippen LogP) is 11.2. The van der Waals surface area contributed by atoms with Crippen molar-refractivity contribution >= 4 is 43.6 Å². The zero-order valence-electron chi connectivity index (χ0n) is 33.3. The first kappa shape index (κ1) is 16.7. The van der Waals surface area contributed by atoms with Crippen LogP contribution in [-0.4, -0.2) is 9.13 Å². The molecule has 0 atom stereocenters. The fraction of sp³-hybridized carbons (Fsp3) is 0. The van der Waals surface area contributed by atoms with Gasteiger partial charge in [0.1, 0.15) is 0 Å². The molecule has 0 aliphatic carbocycles. The van der Waals surface area contributed by atoms with Crippen LogP contribution < -0.4 is 0 Å². The highest BCUT2D eigenvalue weighted by Crippen LogP contribution is 2.42. The SMILES string of the molecule is [2H]c1c([2H])c([2H])c(-c2ccc(-c3cccc(-n4c5ccccc5c5c6c7ccccc7n(-c7c([2H])c([2H])c([2H])c([2H])c7[2H])c6ccc54)c3)cc2)c([2H])c1[2H]. The Morgan fingerprint density at radius 3 is 1.50 bits per heavy atom. The van der Waals surface area contributed by atoms with Gasteiger partial charge in [0.25, 0.3) is 0 Å². The van der Waals surface area contributed by atoms with E-state index in [1.54, 1.807) is 16.7 Å². The summed E-state index contributed by atoms with van der Waals surface area (Å²) in [7, 11) is 0. The first-order chi connectivity index (χ1) is 26.0. The first-order valence-electron chi connectivity index (χ1n) is 19.3. The Morgan fingerprint density at radius 1 is 0.364 bits per heavy atom. The number of aromatic nitrogens is 2. The number of rotatable bonds is 4. The smallest absolute Gasteiger partial charge is 0.0645 e. The van der Waals surface area contributed by atoms with Gasteiger partial charge >= 0.3 is 0 Å². The Morgan fingerprint density at radius 2 is 0.886 bits per heavy atom. The maximum Gasteiger partial charge on any atom is 0.0645 e. The largest absolute Gasteiger partial charge is 0.309 e. The Bertz CT molecular complexity index is 2990. The third-order valence-corrected chi connectivity index (χ3v) is 8.29. The standard InChI is InChI=1S/C42H28N2/c1-3-12-29(13-4-1)30-22-24-31(25-23-30)32-14-11-17-34(28-32)44-38-21-10-8-19-36(38)42-40(44)27-26-39-41(42)35-18-7-9-20-37(35)43(39)33-15-5-2-6-16-33/h1-28H/i1D,2D,3D,4D,5D,6D,12D,13D,15D,16D. The lowest BCUT2D eigenvalue weighted by Crippen LogP contribution is -1.95. The van der Waals surface area contributed by atoms with Gasteiger partial charge in [-0.25, -0.2) is 0 Å². The van der Waals surface area contributed by atoms with Gasteiger partial charge in [0.15, 0.2) is 0 Å². The van der Waals surface area contributed by atoms with Crippen molar-refractivity contribution in [2.24, 2.45) is 0 Å². The minimum atomic E-state index is -0.438. The summed E-state index contributed by atoms with van der Waals surface area (Å²) in [5.41, 5.74) is 6.84. The van der Waals surface area contributed by atoms with E-state index in [-0.39, 0.29) is 47.5 Å². The molecule has 0 bridgehead atoms. The highest BCUT2D eigenvalue weighted by atomic mass is 15.0. The van der Waals surface area contributed by atoms with E-state index in [9.17, 15) is 0 Å². The second-order valence-corrected chi connectivity index (χ2v) is 10.7. The maximum absolute atomic E-state index is 8.83. The van der Waals surface area contributed by atoms with Crippen LogP contribution in [0.2, 0.25) is 0 Å². The molecule has 2 nitrogen and oxygen atoms in total. The van der Waals surface area contributed by atoms with Gasteiger partial charge in [-0.05, 0) is 70.7 Å². The van der Waals surface area contributed by atoms with Crippen molar-refractivity contribution in [3.8, 4) is 33.6 Å². The fourth-order valence-corrected chi connectivity index (χ4v) is 6.44. The molecule has 7 aromatic carbocycles. The molecule has 2 aromatic heterocycles. The number of hydrogen-bond acceptors (Lipinski definition) is 0. The highest BCUT2D eigenvalue weighted by Gasteiger charge is 2.20. The molecule has 0 unspecified atom stereocenters. The van der Waals surface area contributed by atoms with Crippen LogP contribution in [0, 0.1) is 0 Å². The van der Waals surface area contributed by atoms with Crippen molar-refractivity contribution in [1.82, 2.24) is 9.13 Å². The van der Waals surface area contributed by atoms with Gasteiger partial charge < -0.3 is 9.13 Å². The van der Waals surface area contributed by atoms with Gasteiger partial charge in [0.2, 0.25) is 0 Å². The van der Waals surface area contributed by atoms with Gasteiger partial charge in [0.05, 0.1) is 35.8 Å². The van der Waals surface area contributed by atoms with Crippen LogP contribution in [0.4, 0.5) is 0 Å². The molecule has 2 heterocycles. The molecular formula is C42H28N2. The summed E-state index contributed by atoms with van der Waals surface area (Å²) < 4.78 is 87.5. The van der Waals surface area contributed by atoms with E-state index in [1.807, 2.05) is 78.9 Å². The Labute approximate surface area is 269 Å². The van der Waals surface area contributed by atoms with Crippen LogP contribution >= 0.6 is 0 Å². The van der Waals surface area contributed by atoms with E-state index >= 15 is 0 Å². The van der Waals surface area contributed by atoms with E-state index in [4.69, 9.17) is 13.7 Å². The van der Waals surface area contributed by atoms with Gasteiger partial charge in [-0.2, -0.15) is 0 Å². The Balaban J connectivity index is 1.25. The van der Waals surface area contributed by atoms with Crippen molar-refractivity contribution in [2.45, 2.75) is 0 Å². The minimum absolute atomic E-state index is 0.0978. The van der Waals surface area contributed by atoms with Crippen molar-refractivity contribution in [2.75, 3.05) is 0 Å². The number of hydrogen-bond donors (Lipinski definition) is 0. The predicted molar refractivity (Wildman–Crippen MR) is 186 cm³/mol. The molecule has 2 heteroatoms. The zero-order valence-corrected chi connectivity index (χ0v) is 23.3. The monoisotopic (exact) mass is 570 g/mol. The fourth-order valence-electron chi connectivity index (χ4n) is 6.44. The summed E-state index contributed by atoms with van der Waals surface area (Å²) in [5.74, 6) is 0. The highest BCUT2D eigenvalue weighted by molar-refractivity contribution is 6.28. The van der Waals surface area contributed by atoms with Gasteiger partial charge in [0, 0.05) is 32.9 Å². The molecule has 9 aromatic rings. The van der Waals surface area contributed by atoms with E-state index in [0.717, 1.165) is 60.4 Å². The summed E-state index contributed by atoms with van der Waals surface area (Å²) in [6.07, 6.45) is 0. The average Bonchev–Trinajstić information content (AvgIpc) is 3.71. The molecule has 0 spiro atoms. The molecule has 0 fully saturated rings. The van der Waals surface area contributed by atoms with Crippen LogP contribution in [0.3, 0.4) is 0 Å². The molecule has 0 saturated heterocycles. The van der Waals surface area contributed by atoms with E-state index < -0.39 is 24.2 Å². The molecular weight excluding hydrogens is 532 g/mol. The Kier molecular flexibility index (Phi) is 3.74.